The zero-order chi connectivity index (χ0) is 16.0. The lowest BCUT2D eigenvalue weighted by atomic mass is 10.1. The van der Waals surface area contributed by atoms with E-state index in [0.29, 0.717) is 19.5 Å². The number of nitrogens with zero attached hydrogens (tertiary/aromatic N) is 1. The fourth-order valence-electron chi connectivity index (χ4n) is 2.07. The van der Waals surface area contributed by atoms with Crippen LogP contribution >= 0.6 is 0 Å². The molecule has 1 rings (SSSR count). The molecule has 0 saturated carbocycles. The molecule has 1 N–H and O–H groups in total. The molecule has 0 aliphatic rings. The number of carbonyl (C=O) groups is 1. The molecule has 0 heterocycles. The van der Waals surface area contributed by atoms with Crippen LogP contribution in [0.2, 0.25) is 0 Å². The Morgan fingerprint density at radius 1 is 1.14 bits per heavy atom. The minimum atomic E-state index is -3.43. The molecule has 0 bridgehead atoms. The SMILES string of the molecule is CCC(=O)NC(C)c1ccc(S(=O)(=O)N(CC)CC)cc1. The minimum Gasteiger partial charge on any atom is -0.350 e. The zero-order valence-corrected chi connectivity index (χ0v) is 13.9. The van der Waals surface area contributed by atoms with Crippen molar-refractivity contribution in [2.45, 2.75) is 45.1 Å². The van der Waals surface area contributed by atoms with Gasteiger partial charge in [0, 0.05) is 19.5 Å². The quantitative estimate of drug-likeness (QED) is 0.840. The van der Waals surface area contributed by atoms with Crippen molar-refractivity contribution in [3.63, 3.8) is 0 Å². The second-order valence-corrected chi connectivity index (χ2v) is 6.74. The summed E-state index contributed by atoms with van der Waals surface area (Å²) in [4.78, 5) is 11.7. The third-order valence-corrected chi connectivity index (χ3v) is 5.49. The highest BCUT2D eigenvalue weighted by atomic mass is 32.2. The smallest absolute Gasteiger partial charge is 0.243 e. The molecule has 21 heavy (non-hydrogen) atoms. The van der Waals surface area contributed by atoms with Crippen molar-refractivity contribution in [2.75, 3.05) is 13.1 Å². The first-order chi connectivity index (χ1) is 9.86. The van der Waals surface area contributed by atoms with E-state index in [4.69, 9.17) is 0 Å². The number of amides is 1. The van der Waals surface area contributed by atoms with Crippen molar-refractivity contribution in [1.82, 2.24) is 9.62 Å². The molecule has 0 radical (unpaired) electrons. The van der Waals surface area contributed by atoms with E-state index in [1.165, 1.54) is 4.31 Å². The van der Waals surface area contributed by atoms with Crippen molar-refractivity contribution >= 4 is 15.9 Å². The maximum atomic E-state index is 12.4. The summed E-state index contributed by atoms with van der Waals surface area (Å²) < 4.78 is 26.1. The van der Waals surface area contributed by atoms with Crippen molar-refractivity contribution in [1.29, 1.82) is 0 Å². The maximum Gasteiger partial charge on any atom is 0.243 e. The van der Waals surface area contributed by atoms with E-state index in [9.17, 15) is 13.2 Å². The molecule has 1 amide bonds. The van der Waals surface area contributed by atoms with Crippen LogP contribution in [0.4, 0.5) is 0 Å². The third kappa shape index (κ3) is 4.28. The molecule has 1 atom stereocenters. The molecule has 0 spiro atoms. The number of rotatable bonds is 7. The molecule has 0 fully saturated rings. The highest BCUT2D eigenvalue weighted by Crippen LogP contribution is 2.19. The van der Waals surface area contributed by atoms with E-state index in [0.717, 1.165) is 5.56 Å². The number of benzene rings is 1. The Morgan fingerprint density at radius 2 is 1.67 bits per heavy atom. The largest absolute Gasteiger partial charge is 0.350 e. The van der Waals surface area contributed by atoms with Gasteiger partial charge in [0.15, 0.2) is 0 Å². The van der Waals surface area contributed by atoms with Gasteiger partial charge in [0.05, 0.1) is 10.9 Å². The fraction of sp³-hybridized carbons (Fsp3) is 0.533. The number of hydrogen-bond acceptors (Lipinski definition) is 3. The summed E-state index contributed by atoms with van der Waals surface area (Å²) in [6.07, 6.45) is 0.429. The van der Waals surface area contributed by atoms with E-state index in [1.54, 1.807) is 31.2 Å². The molecular weight excluding hydrogens is 288 g/mol. The summed E-state index contributed by atoms with van der Waals surface area (Å²) in [5, 5.41) is 2.85. The highest BCUT2D eigenvalue weighted by Gasteiger charge is 2.21. The molecule has 0 aliphatic heterocycles. The lowest BCUT2D eigenvalue weighted by Gasteiger charge is -2.19. The molecule has 0 aliphatic carbocycles. The Morgan fingerprint density at radius 3 is 2.10 bits per heavy atom. The van der Waals surface area contributed by atoms with Crippen LogP contribution in [0.5, 0.6) is 0 Å². The molecule has 5 nitrogen and oxygen atoms in total. The van der Waals surface area contributed by atoms with Crippen molar-refractivity contribution < 1.29 is 13.2 Å². The van der Waals surface area contributed by atoms with Gasteiger partial charge in [-0.15, -0.1) is 0 Å². The van der Waals surface area contributed by atoms with Crippen LogP contribution < -0.4 is 5.32 Å². The topological polar surface area (TPSA) is 66.5 Å². The zero-order valence-electron chi connectivity index (χ0n) is 13.1. The van der Waals surface area contributed by atoms with Gasteiger partial charge >= 0.3 is 0 Å². The summed E-state index contributed by atoms with van der Waals surface area (Å²) in [5.41, 5.74) is 0.885. The van der Waals surface area contributed by atoms with E-state index < -0.39 is 10.0 Å². The van der Waals surface area contributed by atoms with E-state index in [-0.39, 0.29) is 16.8 Å². The van der Waals surface area contributed by atoms with E-state index in [2.05, 4.69) is 5.32 Å². The van der Waals surface area contributed by atoms with Crippen LogP contribution in [-0.2, 0) is 14.8 Å². The summed E-state index contributed by atoms with van der Waals surface area (Å²) >= 11 is 0. The van der Waals surface area contributed by atoms with Crippen molar-refractivity contribution in [2.24, 2.45) is 0 Å². The Kier molecular flexibility index (Phi) is 6.36. The first-order valence-electron chi connectivity index (χ1n) is 7.26. The van der Waals surface area contributed by atoms with Gasteiger partial charge in [-0.1, -0.05) is 32.9 Å². The number of carbonyl (C=O) groups excluding carboxylic acids is 1. The Bertz CT molecular complexity index is 563. The number of sulfonamides is 1. The first-order valence-corrected chi connectivity index (χ1v) is 8.70. The van der Waals surface area contributed by atoms with Gasteiger partial charge in [0.25, 0.3) is 0 Å². The summed E-state index contributed by atoms with van der Waals surface area (Å²) in [7, 11) is -3.43. The summed E-state index contributed by atoms with van der Waals surface area (Å²) in [5.74, 6) is -0.0256. The van der Waals surface area contributed by atoms with E-state index >= 15 is 0 Å². The van der Waals surface area contributed by atoms with Gasteiger partial charge in [-0.3, -0.25) is 4.79 Å². The second kappa shape index (κ2) is 7.56. The summed E-state index contributed by atoms with van der Waals surface area (Å²) in [6.45, 7) is 8.20. The number of hydrogen-bond donors (Lipinski definition) is 1. The average molecular weight is 312 g/mol. The van der Waals surface area contributed by atoms with Gasteiger partial charge < -0.3 is 5.32 Å². The van der Waals surface area contributed by atoms with Gasteiger partial charge in [0.2, 0.25) is 15.9 Å². The van der Waals surface area contributed by atoms with Crippen LogP contribution in [0.1, 0.15) is 45.7 Å². The van der Waals surface area contributed by atoms with Gasteiger partial charge in [-0.05, 0) is 24.6 Å². The molecule has 118 valence electrons. The molecule has 6 heteroatoms. The average Bonchev–Trinajstić information content (AvgIpc) is 2.48. The lowest BCUT2D eigenvalue weighted by Crippen LogP contribution is -2.30. The highest BCUT2D eigenvalue weighted by molar-refractivity contribution is 7.89. The Labute approximate surface area is 127 Å². The Hall–Kier alpha value is -1.40. The monoisotopic (exact) mass is 312 g/mol. The van der Waals surface area contributed by atoms with Crippen molar-refractivity contribution in [3.8, 4) is 0 Å². The normalized spacial score (nSPS) is 13.2. The summed E-state index contributed by atoms with van der Waals surface area (Å²) in [6, 6.07) is 6.55. The second-order valence-electron chi connectivity index (χ2n) is 4.80. The predicted molar refractivity (Wildman–Crippen MR) is 83.4 cm³/mol. The van der Waals surface area contributed by atoms with Crippen LogP contribution in [-0.4, -0.2) is 31.7 Å². The van der Waals surface area contributed by atoms with Gasteiger partial charge in [0.1, 0.15) is 0 Å². The molecule has 1 unspecified atom stereocenters. The fourth-order valence-corrected chi connectivity index (χ4v) is 3.53. The first kappa shape index (κ1) is 17.7. The Balaban J connectivity index is 2.94. The molecule has 0 saturated heterocycles. The number of nitrogens with one attached hydrogen (secondary N) is 1. The van der Waals surface area contributed by atoms with Gasteiger partial charge in [-0.2, -0.15) is 4.31 Å². The van der Waals surface area contributed by atoms with Crippen LogP contribution in [0, 0.1) is 0 Å². The standard InChI is InChI=1S/C15H24N2O3S/c1-5-15(18)16-12(4)13-8-10-14(11-9-13)21(19,20)17(6-2)7-3/h8-12H,5-7H2,1-4H3,(H,16,18). The molecular formula is C15H24N2O3S. The van der Waals surface area contributed by atoms with Gasteiger partial charge in [-0.25, -0.2) is 8.42 Å². The van der Waals surface area contributed by atoms with Crippen LogP contribution in [0.25, 0.3) is 0 Å². The predicted octanol–water partition coefficient (Wildman–Crippen LogP) is 2.30. The van der Waals surface area contributed by atoms with Crippen LogP contribution in [0.15, 0.2) is 29.2 Å². The molecule has 1 aromatic carbocycles. The minimum absolute atomic E-state index is 0.0256. The molecule has 0 aromatic heterocycles. The van der Waals surface area contributed by atoms with Crippen molar-refractivity contribution in [3.05, 3.63) is 29.8 Å². The van der Waals surface area contributed by atoms with E-state index in [1.807, 2.05) is 20.8 Å². The lowest BCUT2D eigenvalue weighted by molar-refractivity contribution is -0.121. The van der Waals surface area contributed by atoms with Crippen LogP contribution in [0.3, 0.4) is 0 Å². The third-order valence-electron chi connectivity index (χ3n) is 3.42. The maximum absolute atomic E-state index is 12.4. The molecule has 1 aromatic rings.